The molecule has 0 amide bonds. The summed E-state index contributed by atoms with van der Waals surface area (Å²) in [6, 6.07) is 1.10. The van der Waals surface area contributed by atoms with Crippen molar-refractivity contribution in [3.63, 3.8) is 0 Å². The van der Waals surface area contributed by atoms with Gasteiger partial charge in [-0.1, -0.05) is 12.8 Å². The first-order valence-electron chi connectivity index (χ1n) is 3.87. The van der Waals surface area contributed by atoms with Crippen LogP contribution < -0.4 is 5.32 Å². The molecule has 0 aromatic rings. The average molecular weight is 221 g/mol. The van der Waals surface area contributed by atoms with E-state index in [0.717, 1.165) is 5.17 Å². The molecule has 0 radical (unpaired) electrons. The van der Waals surface area contributed by atoms with Crippen molar-refractivity contribution in [2.75, 3.05) is 0 Å². The summed E-state index contributed by atoms with van der Waals surface area (Å²) in [5.41, 5.74) is 0. The quantitative estimate of drug-likeness (QED) is 0.483. The zero-order valence-electron chi connectivity index (χ0n) is 6.55. The molecule has 1 heterocycles. The van der Waals surface area contributed by atoms with Gasteiger partial charge in [-0.15, -0.1) is 0 Å². The Morgan fingerprint density at radius 1 is 1.36 bits per heavy atom. The molecule has 2 unspecified atom stereocenters. The zero-order chi connectivity index (χ0) is 6.97. The Hall–Kier alpha value is 0.313. The van der Waals surface area contributed by atoms with Crippen LogP contribution in [-0.4, -0.2) is 17.3 Å². The molecule has 1 saturated carbocycles. The van der Waals surface area contributed by atoms with E-state index in [9.17, 15) is 0 Å². The number of fused-ring (bicyclic) bond motifs is 1. The molecule has 0 saturated heterocycles. The van der Waals surface area contributed by atoms with Crippen LogP contribution in [0.1, 0.15) is 25.7 Å². The van der Waals surface area contributed by atoms with Gasteiger partial charge in [0.1, 0.15) is 0 Å². The Morgan fingerprint density at radius 3 is 2.82 bits per heavy atom. The van der Waals surface area contributed by atoms with Crippen LogP contribution >= 0.6 is 0 Å². The standard InChI is InChI=1S/C7H12N2S.Zn/c10-7-8-5-3-1-2-4-6(5)9-7;/h5-6H,1-4H2,(H2,8,9,10);/p-1. The molecule has 1 N–H and O–H groups in total. The molecule has 4 heteroatoms. The van der Waals surface area contributed by atoms with E-state index in [0.29, 0.717) is 12.1 Å². The maximum atomic E-state index is 4.96. The van der Waals surface area contributed by atoms with Gasteiger partial charge in [-0.2, -0.15) is 0 Å². The molecule has 0 aromatic carbocycles. The van der Waals surface area contributed by atoms with Crippen molar-refractivity contribution in [1.29, 1.82) is 0 Å². The maximum absolute atomic E-state index is 4.96. The molecular weight excluding hydrogens is 210 g/mol. The number of nitrogens with zero attached hydrogens (tertiary/aromatic N) is 1. The zero-order valence-corrected chi connectivity index (χ0v) is 10.3. The van der Waals surface area contributed by atoms with Crippen molar-refractivity contribution in [3.05, 3.63) is 0 Å². The van der Waals surface area contributed by atoms with Crippen molar-refractivity contribution >= 4 is 17.8 Å². The average Bonchev–Trinajstić information content (AvgIpc) is 2.27. The number of aliphatic imine (C=N–C) groups is 1. The molecule has 0 bridgehead atoms. The summed E-state index contributed by atoms with van der Waals surface area (Å²) in [4.78, 5) is 4.33. The molecule has 0 spiro atoms. The molecule has 2 aliphatic rings. The van der Waals surface area contributed by atoms with E-state index in [1.807, 2.05) is 0 Å². The molecule has 2 rings (SSSR count). The van der Waals surface area contributed by atoms with Crippen LogP contribution in [0.5, 0.6) is 0 Å². The third kappa shape index (κ3) is 1.91. The van der Waals surface area contributed by atoms with Crippen molar-refractivity contribution in [3.8, 4) is 0 Å². The van der Waals surface area contributed by atoms with Gasteiger partial charge in [-0.3, -0.25) is 4.99 Å². The molecule has 1 aliphatic heterocycles. The fourth-order valence-electron chi connectivity index (χ4n) is 1.78. The van der Waals surface area contributed by atoms with Crippen LogP contribution in [-0.2, 0) is 32.1 Å². The second kappa shape index (κ2) is 3.81. The number of nitrogens with one attached hydrogen (secondary N) is 1. The normalized spacial score (nSPS) is 34.7. The summed E-state index contributed by atoms with van der Waals surface area (Å²) in [6.07, 6.45) is 5.16. The summed E-state index contributed by atoms with van der Waals surface area (Å²) < 4.78 is 0. The van der Waals surface area contributed by atoms with E-state index in [4.69, 9.17) is 12.6 Å². The van der Waals surface area contributed by atoms with Gasteiger partial charge >= 0.3 is 0 Å². The first-order chi connectivity index (χ1) is 4.86. The van der Waals surface area contributed by atoms with Crippen LogP contribution in [0.25, 0.3) is 0 Å². The molecule has 58 valence electrons. The van der Waals surface area contributed by atoms with E-state index in [1.54, 1.807) is 0 Å². The van der Waals surface area contributed by atoms with Gasteiger partial charge < -0.3 is 17.9 Å². The Bertz CT molecular complexity index is 172. The van der Waals surface area contributed by atoms with Crippen molar-refractivity contribution in [2.45, 2.75) is 37.8 Å². The van der Waals surface area contributed by atoms with Crippen molar-refractivity contribution < 1.29 is 19.5 Å². The fraction of sp³-hybridized carbons (Fsp3) is 0.857. The predicted octanol–water partition coefficient (Wildman–Crippen LogP) is 0.801. The number of rotatable bonds is 0. The van der Waals surface area contributed by atoms with Crippen molar-refractivity contribution in [2.24, 2.45) is 4.99 Å². The number of hydrogen-bond acceptors (Lipinski definition) is 3. The number of amidine groups is 1. The van der Waals surface area contributed by atoms with Crippen LogP contribution in [0.2, 0.25) is 0 Å². The van der Waals surface area contributed by atoms with Crippen molar-refractivity contribution in [1.82, 2.24) is 5.32 Å². The van der Waals surface area contributed by atoms with E-state index in [2.05, 4.69) is 10.3 Å². The molecule has 1 fully saturated rings. The monoisotopic (exact) mass is 219 g/mol. The van der Waals surface area contributed by atoms with Gasteiger partial charge in [0.15, 0.2) is 0 Å². The second-order valence-corrected chi connectivity index (χ2v) is 3.42. The maximum Gasteiger partial charge on any atom is 0.0699 e. The first kappa shape index (κ1) is 9.40. The predicted molar refractivity (Wildman–Crippen MR) is 44.0 cm³/mol. The SMILES string of the molecule is [S-]C1=NC2CCCCC2N1.[Zn]. The molecular formula is C7H11N2SZn-. The Kier molecular flexibility index (Phi) is 3.26. The summed E-state index contributed by atoms with van der Waals surface area (Å²) in [7, 11) is 0. The van der Waals surface area contributed by atoms with E-state index < -0.39 is 0 Å². The molecule has 2 atom stereocenters. The van der Waals surface area contributed by atoms with E-state index in [1.165, 1.54) is 25.7 Å². The second-order valence-electron chi connectivity index (χ2n) is 3.04. The Labute approximate surface area is 85.4 Å². The molecule has 0 aromatic heterocycles. The summed E-state index contributed by atoms with van der Waals surface area (Å²) in [5.74, 6) is 0. The van der Waals surface area contributed by atoms with Crippen LogP contribution in [0.3, 0.4) is 0 Å². The smallest absolute Gasteiger partial charge is 0.0699 e. The molecule has 2 nitrogen and oxygen atoms in total. The third-order valence-corrected chi connectivity index (χ3v) is 2.54. The van der Waals surface area contributed by atoms with Gasteiger partial charge in [0.2, 0.25) is 0 Å². The van der Waals surface area contributed by atoms with Crippen LogP contribution in [0.4, 0.5) is 0 Å². The summed E-state index contributed by atoms with van der Waals surface area (Å²) in [5, 5.41) is 3.95. The van der Waals surface area contributed by atoms with Gasteiger partial charge in [-0.25, -0.2) is 0 Å². The Balaban J connectivity index is 0.000000605. The van der Waals surface area contributed by atoms with Gasteiger partial charge in [0.05, 0.1) is 6.04 Å². The fourth-order valence-corrected chi connectivity index (χ4v) is 2.07. The first-order valence-corrected chi connectivity index (χ1v) is 4.28. The third-order valence-electron chi connectivity index (χ3n) is 2.32. The number of hydrogen-bond donors (Lipinski definition) is 1. The minimum Gasteiger partial charge on any atom is -0.743 e. The molecule has 11 heavy (non-hydrogen) atoms. The van der Waals surface area contributed by atoms with Crippen LogP contribution in [0.15, 0.2) is 4.99 Å². The minimum atomic E-state index is 0. The summed E-state index contributed by atoms with van der Waals surface area (Å²) >= 11 is 4.96. The largest absolute Gasteiger partial charge is 0.743 e. The minimum absolute atomic E-state index is 0. The van der Waals surface area contributed by atoms with Crippen LogP contribution in [0, 0.1) is 0 Å². The van der Waals surface area contributed by atoms with Gasteiger partial charge in [-0.05, 0) is 18.0 Å². The van der Waals surface area contributed by atoms with E-state index in [-0.39, 0.29) is 19.5 Å². The van der Waals surface area contributed by atoms with Gasteiger partial charge in [0.25, 0.3) is 0 Å². The summed E-state index contributed by atoms with van der Waals surface area (Å²) in [6.45, 7) is 0. The van der Waals surface area contributed by atoms with Gasteiger partial charge in [0, 0.05) is 25.5 Å². The van der Waals surface area contributed by atoms with E-state index >= 15 is 0 Å². The Morgan fingerprint density at radius 2 is 2.09 bits per heavy atom. The topological polar surface area (TPSA) is 24.4 Å². The molecule has 1 aliphatic carbocycles.